The summed E-state index contributed by atoms with van der Waals surface area (Å²) in [7, 11) is 0. The summed E-state index contributed by atoms with van der Waals surface area (Å²) in [6, 6.07) is 4.95. The van der Waals surface area contributed by atoms with Crippen LogP contribution < -0.4 is 10.3 Å². The van der Waals surface area contributed by atoms with Crippen molar-refractivity contribution in [2.75, 3.05) is 6.61 Å². The number of aromatic nitrogens is 2. The zero-order chi connectivity index (χ0) is 18.1. The first-order valence-electron chi connectivity index (χ1n) is 8.69. The Labute approximate surface area is 154 Å². The number of hydrogen-bond acceptors (Lipinski definition) is 6. The van der Waals surface area contributed by atoms with Crippen LogP contribution in [0.5, 0.6) is 11.5 Å². The van der Waals surface area contributed by atoms with Gasteiger partial charge in [-0.1, -0.05) is 0 Å². The molecule has 6 nitrogen and oxygen atoms in total. The van der Waals surface area contributed by atoms with E-state index in [1.807, 2.05) is 6.92 Å². The number of benzene rings is 1. The number of hydrogen-bond donors (Lipinski definition) is 1. The summed E-state index contributed by atoms with van der Waals surface area (Å²) in [5.74, 6) is 0.471. The molecule has 0 saturated carbocycles. The summed E-state index contributed by atoms with van der Waals surface area (Å²) in [6.07, 6.45) is 7.30. The van der Waals surface area contributed by atoms with Gasteiger partial charge in [-0.25, -0.2) is 4.98 Å². The van der Waals surface area contributed by atoms with E-state index in [4.69, 9.17) is 4.74 Å². The average molecular weight is 369 g/mol. The molecule has 0 aliphatic heterocycles. The molecule has 1 aliphatic rings. The van der Waals surface area contributed by atoms with E-state index in [0.29, 0.717) is 17.7 Å². The van der Waals surface area contributed by atoms with Crippen molar-refractivity contribution in [1.82, 2.24) is 9.66 Å². The van der Waals surface area contributed by atoms with Crippen LogP contribution in [0.2, 0.25) is 0 Å². The standard InChI is InChI=1S/C19H19N3O3S/c1-2-25-15-9-12(7-8-14(15)23)10-21-22-11-20-18-17(19(22)24)13-5-3-4-6-16(13)26-18/h7-11,23H,2-6H2,1H3/b21-10-. The lowest BCUT2D eigenvalue weighted by Crippen LogP contribution is -2.18. The quantitative estimate of drug-likeness (QED) is 0.716. The first-order chi connectivity index (χ1) is 12.7. The fourth-order valence-electron chi connectivity index (χ4n) is 3.23. The summed E-state index contributed by atoms with van der Waals surface area (Å²) in [5, 5.41) is 14.8. The molecule has 3 aromatic rings. The lowest BCUT2D eigenvalue weighted by atomic mass is 9.97. The molecule has 4 rings (SSSR count). The van der Waals surface area contributed by atoms with Crippen LogP contribution >= 0.6 is 11.3 Å². The van der Waals surface area contributed by atoms with E-state index in [2.05, 4.69) is 10.1 Å². The second-order valence-electron chi connectivity index (χ2n) is 6.19. The van der Waals surface area contributed by atoms with Gasteiger partial charge in [-0.2, -0.15) is 9.78 Å². The van der Waals surface area contributed by atoms with E-state index in [9.17, 15) is 9.90 Å². The smallest absolute Gasteiger partial charge is 0.282 e. The highest BCUT2D eigenvalue weighted by molar-refractivity contribution is 7.18. The Bertz CT molecular complexity index is 1050. The van der Waals surface area contributed by atoms with Crippen LogP contribution in [0.15, 0.2) is 34.4 Å². The molecule has 0 spiro atoms. The molecule has 134 valence electrons. The van der Waals surface area contributed by atoms with Gasteiger partial charge in [0.25, 0.3) is 5.56 Å². The van der Waals surface area contributed by atoms with E-state index in [1.165, 1.54) is 22.3 Å². The zero-order valence-corrected chi connectivity index (χ0v) is 15.3. The van der Waals surface area contributed by atoms with Crippen molar-refractivity contribution in [3.8, 4) is 11.5 Å². The largest absolute Gasteiger partial charge is 0.504 e. The monoisotopic (exact) mass is 369 g/mol. The van der Waals surface area contributed by atoms with Crippen molar-refractivity contribution in [3.05, 3.63) is 50.9 Å². The minimum atomic E-state index is -0.130. The summed E-state index contributed by atoms with van der Waals surface area (Å²) in [6.45, 7) is 2.31. The number of thiophene rings is 1. The second-order valence-corrected chi connectivity index (χ2v) is 7.27. The molecule has 7 heteroatoms. The van der Waals surface area contributed by atoms with E-state index in [1.54, 1.807) is 35.8 Å². The van der Waals surface area contributed by atoms with Gasteiger partial charge < -0.3 is 9.84 Å². The van der Waals surface area contributed by atoms with Crippen LogP contribution in [0.3, 0.4) is 0 Å². The van der Waals surface area contributed by atoms with Gasteiger partial charge in [0.05, 0.1) is 18.2 Å². The number of rotatable bonds is 4. The fourth-order valence-corrected chi connectivity index (χ4v) is 4.45. The van der Waals surface area contributed by atoms with E-state index < -0.39 is 0 Å². The topological polar surface area (TPSA) is 76.7 Å². The third-order valence-electron chi connectivity index (χ3n) is 4.47. The van der Waals surface area contributed by atoms with Crippen molar-refractivity contribution in [2.24, 2.45) is 5.10 Å². The van der Waals surface area contributed by atoms with Crippen LogP contribution in [-0.4, -0.2) is 27.6 Å². The molecule has 2 aromatic heterocycles. The molecule has 0 amide bonds. The van der Waals surface area contributed by atoms with Gasteiger partial charge in [0.2, 0.25) is 0 Å². The molecule has 0 saturated heterocycles. The number of aryl methyl sites for hydroxylation is 2. The highest BCUT2D eigenvalue weighted by Crippen LogP contribution is 2.33. The Balaban J connectivity index is 1.71. The van der Waals surface area contributed by atoms with Gasteiger partial charge in [-0.05, 0) is 61.9 Å². The van der Waals surface area contributed by atoms with Crippen LogP contribution in [0, 0.1) is 0 Å². The minimum Gasteiger partial charge on any atom is -0.504 e. The van der Waals surface area contributed by atoms with Crippen molar-refractivity contribution < 1.29 is 9.84 Å². The predicted molar refractivity (Wildman–Crippen MR) is 103 cm³/mol. The van der Waals surface area contributed by atoms with Crippen LogP contribution in [-0.2, 0) is 12.8 Å². The number of fused-ring (bicyclic) bond motifs is 3. The maximum Gasteiger partial charge on any atom is 0.282 e. The molecule has 0 radical (unpaired) electrons. The summed E-state index contributed by atoms with van der Waals surface area (Å²) >= 11 is 1.63. The fraction of sp³-hybridized carbons (Fsp3) is 0.316. The number of phenolic OH excluding ortho intramolecular Hbond substituents is 1. The van der Waals surface area contributed by atoms with Crippen molar-refractivity contribution in [3.63, 3.8) is 0 Å². The lowest BCUT2D eigenvalue weighted by Gasteiger charge is -2.09. The Kier molecular flexibility index (Phi) is 4.46. The van der Waals surface area contributed by atoms with Crippen molar-refractivity contribution in [1.29, 1.82) is 0 Å². The number of ether oxygens (including phenoxy) is 1. The normalized spacial score (nSPS) is 14.0. The molecular formula is C19H19N3O3S. The van der Waals surface area contributed by atoms with Crippen molar-refractivity contribution in [2.45, 2.75) is 32.6 Å². The summed E-state index contributed by atoms with van der Waals surface area (Å²) in [4.78, 5) is 19.4. The molecular weight excluding hydrogens is 350 g/mol. The molecule has 1 aliphatic carbocycles. The summed E-state index contributed by atoms with van der Waals surface area (Å²) < 4.78 is 6.65. The minimum absolute atomic E-state index is 0.0779. The average Bonchev–Trinajstić information content (AvgIpc) is 3.03. The summed E-state index contributed by atoms with van der Waals surface area (Å²) in [5.41, 5.74) is 1.75. The van der Waals surface area contributed by atoms with Crippen molar-refractivity contribution >= 4 is 27.8 Å². The van der Waals surface area contributed by atoms with Gasteiger partial charge in [0, 0.05) is 4.88 Å². The van der Waals surface area contributed by atoms with Crippen LogP contribution in [0.25, 0.3) is 10.2 Å². The molecule has 0 unspecified atom stereocenters. The lowest BCUT2D eigenvalue weighted by molar-refractivity contribution is 0.318. The predicted octanol–water partition coefficient (Wildman–Crippen LogP) is 3.32. The Morgan fingerprint density at radius 1 is 1.38 bits per heavy atom. The molecule has 26 heavy (non-hydrogen) atoms. The third kappa shape index (κ3) is 2.99. The number of aromatic hydroxyl groups is 1. The highest BCUT2D eigenvalue weighted by atomic mass is 32.1. The van der Waals surface area contributed by atoms with Gasteiger partial charge in [-0.3, -0.25) is 4.79 Å². The molecule has 1 aromatic carbocycles. The molecule has 0 atom stereocenters. The van der Waals surface area contributed by atoms with Crippen LogP contribution in [0.1, 0.15) is 35.8 Å². The first-order valence-corrected chi connectivity index (χ1v) is 9.51. The van der Waals surface area contributed by atoms with Gasteiger partial charge in [-0.15, -0.1) is 11.3 Å². The Morgan fingerprint density at radius 2 is 2.23 bits per heavy atom. The first kappa shape index (κ1) is 16.8. The second kappa shape index (κ2) is 6.92. The van der Waals surface area contributed by atoms with E-state index in [-0.39, 0.29) is 11.3 Å². The molecule has 0 fully saturated rings. The third-order valence-corrected chi connectivity index (χ3v) is 5.67. The molecule has 0 bridgehead atoms. The van der Waals surface area contributed by atoms with E-state index >= 15 is 0 Å². The van der Waals surface area contributed by atoms with Crippen LogP contribution in [0.4, 0.5) is 0 Å². The highest BCUT2D eigenvalue weighted by Gasteiger charge is 2.19. The zero-order valence-electron chi connectivity index (χ0n) is 14.4. The maximum absolute atomic E-state index is 12.9. The maximum atomic E-state index is 12.9. The SMILES string of the molecule is CCOc1cc(/C=N\n2cnc3sc4c(c3c2=O)CCCC4)ccc1O. The van der Waals surface area contributed by atoms with Gasteiger partial charge in [0.1, 0.15) is 11.2 Å². The molecule has 1 N–H and O–H groups in total. The number of phenols is 1. The van der Waals surface area contributed by atoms with Gasteiger partial charge in [0.15, 0.2) is 11.5 Å². The Morgan fingerprint density at radius 3 is 3.08 bits per heavy atom. The Hall–Kier alpha value is -2.67. The van der Waals surface area contributed by atoms with E-state index in [0.717, 1.165) is 35.2 Å². The number of nitrogens with zero attached hydrogens (tertiary/aromatic N) is 3. The van der Waals surface area contributed by atoms with Gasteiger partial charge >= 0.3 is 0 Å². The molecule has 2 heterocycles.